The molecule has 0 atom stereocenters. The molecule has 2 heterocycles. The van der Waals surface area contributed by atoms with Gasteiger partial charge in [-0.3, -0.25) is 0 Å². The molecule has 5 heteroatoms. The van der Waals surface area contributed by atoms with Gasteiger partial charge in [-0.2, -0.15) is 5.26 Å². The van der Waals surface area contributed by atoms with Crippen LogP contribution in [0.5, 0.6) is 0 Å². The molecule has 2 fully saturated rings. The van der Waals surface area contributed by atoms with Gasteiger partial charge in [0.25, 0.3) is 0 Å². The average Bonchev–Trinajstić information content (AvgIpc) is 2.38. The number of nitrogens with zero attached hydrogens (tertiary/aromatic N) is 3. The number of rotatable bonds is 2. The van der Waals surface area contributed by atoms with Crippen LogP contribution in [0.15, 0.2) is 11.9 Å². The molecule has 0 aliphatic carbocycles. The van der Waals surface area contributed by atoms with Crippen LogP contribution in [0.1, 0.15) is 0 Å². The molecule has 0 unspecified atom stereocenters. The van der Waals surface area contributed by atoms with Crippen molar-refractivity contribution in [3.8, 4) is 6.07 Å². The Bertz CT molecular complexity index is 266. The molecule has 2 aliphatic heterocycles. The van der Waals surface area contributed by atoms with Crippen molar-refractivity contribution in [3.63, 3.8) is 0 Å². The van der Waals surface area contributed by atoms with Crippen molar-refractivity contribution in [1.29, 1.82) is 5.26 Å². The first kappa shape index (κ1) is 11.2. The van der Waals surface area contributed by atoms with Gasteiger partial charge in [0.2, 0.25) is 0 Å². The first-order chi connectivity index (χ1) is 7.92. The quantitative estimate of drug-likeness (QED) is 0.617. The van der Waals surface area contributed by atoms with E-state index in [2.05, 4.69) is 15.9 Å². The highest BCUT2D eigenvalue weighted by molar-refractivity contribution is 5.12. The highest BCUT2D eigenvalue weighted by Gasteiger charge is 2.20. The molecular formula is C11H17N3O2. The predicted octanol–water partition coefficient (Wildman–Crippen LogP) is 0.0158. The third-order valence-electron chi connectivity index (χ3n) is 2.86. The Labute approximate surface area is 95.8 Å². The van der Waals surface area contributed by atoms with Gasteiger partial charge in [0.05, 0.1) is 38.6 Å². The van der Waals surface area contributed by atoms with Crippen molar-refractivity contribution < 1.29 is 9.47 Å². The van der Waals surface area contributed by atoms with Crippen molar-refractivity contribution in [3.05, 3.63) is 11.9 Å². The normalized spacial score (nSPS) is 21.4. The summed E-state index contributed by atoms with van der Waals surface area (Å²) < 4.78 is 10.6. The molecule has 0 aromatic carbocycles. The maximum absolute atomic E-state index is 8.86. The number of ether oxygens (including phenoxy) is 2. The minimum Gasteiger partial charge on any atom is -0.378 e. The Kier molecular flexibility index (Phi) is 4.03. The summed E-state index contributed by atoms with van der Waals surface area (Å²) in [7, 11) is 0. The van der Waals surface area contributed by atoms with Gasteiger partial charge in [0, 0.05) is 26.2 Å². The Morgan fingerprint density at radius 1 is 0.938 bits per heavy atom. The highest BCUT2D eigenvalue weighted by atomic mass is 16.5. The maximum atomic E-state index is 8.86. The summed E-state index contributed by atoms with van der Waals surface area (Å²) in [5.41, 5.74) is 0. The predicted molar refractivity (Wildman–Crippen MR) is 58.5 cm³/mol. The topological polar surface area (TPSA) is 48.7 Å². The van der Waals surface area contributed by atoms with Gasteiger partial charge in [0.15, 0.2) is 0 Å². The largest absolute Gasteiger partial charge is 0.378 e. The molecule has 0 amide bonds. The SMILES string of the molecule is N#CC=C(N1CCOCC1)N1CCOCC1. The smallest absolute Gasteiger partial charge is 0.115 e. The maximum Gasteiger partial charge on any atom is 0.115 e. The fraction of sp³-hybridized carbons (Fsp3) is 0.727. The van der Waals surface area contributed by atoms with Crippen molar-refractivity contribution >= 4 is 0 Å². The summed E-state index contributed by atoms with van der Waals surface area (Å²) in [6, 6.07) is 2.14. The van der Waals surface area contributed by atoms with Gasteiger partial charge in [-0.15, -0.1) is 0 Å². The third-order valence-corrected chi connectivity index (χ3v) is 2.86. The molecule has 5 nitrogen and oxygen atoms in total. The van der Waals surface area contributed by atoms with Crippen molar-refractivity contribution in [2.24, 2.45) is 0 Å². The van der Waals surface area contributed by atoms with Gasteiger partial charge in [-0.25, -0.2) is 0 Å². The molecule has 88 valence electrons. The Morgan fingerprint density at radius 2 is 1.38 bits per heavy atom. The van der Waals surface area contributed by atoms with Crippen LogP contribution in [-0.4, -0.2) is 62.4 Å². The molecule has 0 radical (unpaired) electrons. The van der Waals surface area contributed by atoms with E-state index in [4.69, 9.17) is 14.7 Å². The second-order valence-electron chi connectivity index (χ2n) is 3.83. The minimum absolute atomic E-state index is 0.743. The van der Waals surface area contributed by atoms with E-state index in [9.17, 15) is 0 Å². The lowest BCUT2D eigenvalue weighted by molar-refractivity contribution is 0.00874. The van der Waals surface area contributed by atoms with Crippen LogP contribution in [0.3, 0.4) is 0 Å². The van der Waals surface area contributed by atoms with Crippen LogP contribution in [0, 0.1) is 11.3 Å². The lowest BCUT2D eigenvalue weighted by Gasteiger charge is -2.39. The summed E-state index contributed by atoms with van der Waals surface area (Å²) >= 11 is 0. The third kappa shape index (κ3) is 2.65. The standard InChI is InChI=1S/C11H17N3O2/c12-2-1-11(13-3-7-15-8-4-13)14-5-9-16-10-6-14/h1H,3-10H2. The van der Waals surface area contributed by atoms with Gasteiger partial charge in [-0.1, -0.05) is 0 Å². The molecule has 0 saturated carbocycles. The zero-order chi connectivity index (χ0) is 11.2. The number of hydrogen-bond donors (Lipinski definition) is 0. The number of hydrogen-bond acceptors (Lipinski definition) is 5. The van der Waals surface area contributed by atoms with Crippen LogP contribution < -0.4 is 0 Å². The number of morpholine rings is 2. The van der Waals surface area contributed by atoms with E-state index in [-0.39, 0.29) is 0 Å². The van der Waals surface area contributed by atoms with E-state index < -0.39 is 0 Å². The first-order valence-corrected chi connectivity index (χ1v) is 5.67. The molecule has 0 aromatic rings. The molecular weight excluding hydrogens is 206 g/mol. The Morgan fingerprint density at radius 3 is 1.75 bits per heavy atom. The van der Waals surface area contributed by atoms with Crippen LogP contribution in [0.4, 0.5) is 0 Å². The molecule has 2 rings (SSSR count). The summed E-state index contributed by atoms with van der Waals surface area (Å²) in [6.07, 6.45) is 1.64. The van der Waals surface area contributed by atoms with Gasteiger partial charge in [-0.05, 0) is 0 Å². The van der Waals surface area contributed by atoms with E-state index in [1.165, 1.54) is 0 Å². The van der Waals surface area contributed by atoms with Crippen molar-refractivity contribution in [1.82, 2.24) is 9.80 Å². The summed E-state index contributed by atoms with van der Waals surface area (Å²) in [4.78, 5) is 4.44. The average molecular weight is 223 g/mol. The van der Waals surface area contributed by atoms with Gasteiger partial charge in [0.1, 0.15) is 5.82 Å². The Hall–Kier alpha value is -1.25. The molecule has 2 saturated heterocycles. The Balaban J connectivity index is 2.03. The second kappa shape index (κ2) is 5.73. The zero-order valence-electron chi connectivity index (χ0n) is 9.39. The molecule has 2 aliphatic rings. The monoisotopic (exact) mass is 223 g/mol. The van der Waals surface area contributed by atoms with Gasteiger partial charge < -0.3 is 19.3 Å². The number of nitriles is 1. The molecule has 0 aromatic heterocycles. The first-order valence-electron chi connectivity index (χ1n) is 5.67. The van der Waals surface area contributed by atoms with E-state index in [0.29, 0.717) is 0 Å². The molecule has 0 spiro atoms. The van der Waals surface area contributed by atoms with Crippen molar-refractivity contribution in [2.75, 3.05) is 52.6 Å². The van der Waals surface area contributed by atoms with E-state index in [1.807, 2.05) is 0 Å². The zero-order valence-corrected chi connectivity index (χ0v) is 9.39. The summed E-state index contributed by atoms with van der Waals surface area (Å²) in [5.74, 6) is 1.02. The van der Waals surface area contributed by atoms with Crippen LogP contribution in [0.2, 0.25) is 0 Å². The molecule has 16 heavy (non-hydrogen) atoms. The summed E-state index contributed by atoms with van der Waals surface area (Å²) in [6.45, 7) is 6.44. The lowest BCUT2D eigenvalue weighted by atomic mass is 10.3. The van der Waals surface area contributed by atoms with Gasteiger partial charge >= 0.3 is 0 Å². The minimum atomic E-state index is 0.743. The van der Waals surface area contributed by atoms with E-state index in [1.54, 1.807) is 6.08 Å². The fourth-order valence-electron chi connectivity index (χ4n) is 2.03. The van der Waals surface area contributed by atoms with Crippen LogP contribution >= 0.6 is 0 Å². The van der Waals surface area contributed by atoms with Crippen LogP contribution in [0.25, 0.3) is 0 Å². The second-order valence-corrected chi connectivity index (χ2v) is 3.83. The number of allylic oxidation sites excluding steroid dienone is 1. The summed E-state index contributed by atoms with van der Waals surface area (Å²) in [5, 5.41) is 8.86. The van der Waals surface area contributed by atoms with Crippen LogP contribution in [-0.2, 0) is 9.47 Å². The fourth-order valence-corrected chi connectivity index (χ4v) is 2.03. The highest BCUT2D eigenvalue weighted by Crippen LogP contribution is 2.14. The lowest BCUT2D eigenvalue weighted by Crippen LogP contribution is -2.45. The van der Waals surface area contributed by atoms with E-state index >= 15 is 0 Å². The molecule has 0 N–H and O–H groups in total. The van der Waals surface area contributed by atoms with Crippen molar-refractivity contribution in [2.45, 2.75) is 0 Å². The van der Waals surface area contributed by atoms with E-state index in [0.717, 1.165) is 58.4 Å². The molecule has 0 bridgehead atoms.